The number of rotatable bonds is 5. The van der Waals surface area contributed by atoms with Crippen molar-refractivity contribution in [3.05, 3.63) is 18.0 Å². The van der Waals surface area contributed by atoms with Gasteiger partial charge < -0.3 is 5.32 Å². The quantitative estimate of drug-likeness (QED) is 0.710. The van der Waals surface area contributed by atoms with Gasteiger partial charge in [0.1, 0.15) is 6.54 Å². The number of hydrogen-bond acceptors (Lipinski definition) is 2. The molecule has 0 spiro atoms. The molecule has 0 atom stereocenters. The minimum Gasteiger partial charge on any atom is -0.312 e. The number of hydrogen-bond donors (Lipinski definition) is 1. The average Bonchev–Trinajstić information content (AvgIpc) is 2.53. The first-order chi connectivity index (χ1) is 6.72. The molecule has 1 heterocycles. The molecule has 14 heavy (non-hydrogen) atoms. The molecule has 0 aromatic carbocycles. The van der Waals surface area contributed by atoms with Crippen molar-refractivity contribution >= 4 is 0 Å². The lowest BCUT2D eigenvalue weighted by Crippen LogP contribution is -2.18. The fourth-order valence-corrected chi connectivity index (χ4v) is 1.18. The van der Waals surface area contributed by atoms with Crippen LogP contribution in [0.2, 0.25) is 0 Å². The van der Waals surface area contributed by atoms with Gasteiger partial charge in [-0.25, -0.2) is 0 Å². The van der Waals surface area contributed by atoms with Gasteiger partial charge in [-0.2, -0.15) is 5.10 Å². The number of nitrogens with one attached hydrogen (secondary N) is 1. The Morgan fingerprint density at radius 3 is 3.07 bits per heavy atom. The molecule has 0 saturated heterocycles. The van der Waals surface area contributed by atoms with Crippen molar-refractivity contribution in [1.82, 2.24) is 15.1 Å². The summed E-state index contributed by atoms with van der Waals surface area (Å²) in [4.78, 5) is 0. The van der Waals surface area contributed by atoms with E-state index >= 15 is 0 Å². The molecule has 0 aliphatic rings. The maximum absolute atomic E-state index is 5.18. The van der Waals surface area contributed by atoms with Gasteiger partial charge >= 0.3 is 0 Å². The van der Waals surface area contributed by atoms with Crippen LogP contribution in [0.5, 0.6) is 0 Å². The van der Waals surface area contributed by atoms with Gasteiger partial charge in [-0.1, -0.05) is 19.8 Å². The lowest BCUT2D eigenvalue weighted by Gasteiger charge is -2.04. The maximum atomic E-state index is 5.18. The molecule has 0 aliphatic heterocycles. The van der Waals surface area contributed by atoms with E-state index in [1.807, 2.05) is 12.4 Å². The van der Waals surface area contributed by atoms with Crippen LogP contribution in [0.1, 0.15) is 19.4 Å². The van der Waals surface area contributed by atoms with Crippen molar-refractivity contribution in [1.29, 1.82) is 0 Å². The molecule has 0 saturated carbocycles. The summed E-state index contributed by atoms with van der Waals surface area (Å²) in [5, 5.41) is 7.49. The Morgan fingerprint density at radius 1 is 1.64 bits per heavy atom. The molecule has 1 rings (SSSR count). The zero-order chi connectivity index (χ0) is 10.4. The minimum atomic E-state index is 0.546. The van der Waals surface area contributed by atoms with Gasteiger partial charge in [-0.15, -0.1) is 6.42 Å². The highest BCUT2D eigenvalue weighted by Crippen LogP contribution is 1.97. The summed E-state index contributed by atoms with van der Waals surface area (Å²) >= 11 is 0. The van der Waals surface area contributed by atoms with E-state index in [1.165, 1.54) is 5.56 Å². The molecule has 0 unspecified atom stereocenters. The van der Waals surface area contributed by atoms with E-state index in [2.05, 4.69) is 30.2 Å². The lowest BCUT2D eigenvalue weighted by molar-refractivity contribution is 0.552. The third-order valence-corrected chi connectivity index (χ3v) is 1.82. The zero-order valence-corrected chi connectivity index (χ0v) is 8.83. The van der Waals surface area contributed by atoms with E-state index in [9.17, 15) is 0 Å². The molecule has 3 heteroatoms. The maximum Gasteiger partial charge on any atom is 0.101 e. The largest absolute Gasteiger partial charge is 0.312 e. The zero-order valence-electron chi connectivity index (χ0n) is 8.83. The van der Waals surface area contributed by atoms with Crippen LogP contribution >= 0.6 is 0 Å². The van der Waals surface area contributed by atoms with Gasteiger partial charge in [0.2, 0.25) is 0 Å². The first kappa shape index (κ1) is 10.8. The molecule has 0 amide bonds. The first-order valence-electron chi connectivity index (χ1n) is 4.88. The fraction of sp³-hybridized carbons (Fsp3) is 0.545. The standard InChI is InChI=1S/C11H17N3/c1-4-5-14-9-11(8-13-14)7-12-6-10(2)3/h1,8-10,12H,5-7H2,2-3H3. The van der Waals surface area contributed by atoms with E-state index in [0.29, 0.717) is 12.5 Å². The Morgan fingerprint density at radius 2 is 2.43 bits per heavy atom. The third kappa shape index (κ3) is 3.63. The summed E-state index contributed by atoms with van der Waals surface area (Å²) in [5.41, 5.74) is 1.18. The van der Waals surface area contributed by atoms with Crippen molar-refractivity contribution < 1.29 is 0 Å². The van der Waals surface area contributed by atoms with Gasteiger partial charge in [0, 0.05) is 18.3 Å². The van der Waals surface area contributed by atoms with Gasteiger partial charge in [0.05, 0.1) is 6.20 Å². The van der Waals surface area contributed by atoms with E-state index in [-0.39, 0.29) is 0 Å². The van der Waals surface area contributed by atoms with Crippen LogP contribution in [0.25, 0.3) is 0 Å². The monoisotopic (exact) mass is 191 g/mol. The van der Waals surface area contributed by atoms with E-state index in [4.69, 9.17) is 6.42 Å². The molecular weight excluding hydrogens is 174 g/mol. The molecule has 0 fully saturated rings. The predicted molar refractivity (Wildman–Crippen MR) is 57.6 cm³/mol. The second-order valence-corrected chi connectivity index (χ2v) is 3.78. The smallest absolute Gasteiger partial charge is 0.101 e. The van der Waals surface area contributed by atoms with Crippen LogP contribution in [-0.4, -0.2) is 16.3 Å². The fourth-order valence-electron chi connectivity index (χ4n) is 1.18. The van der Waals surface area contributed by atoms with E-state index in [1.54, 1.807) is 4.68 Å². The summed E-state index contributed by atoms with van der Waals surface area (Å²) < 4.78 is 1.77. The Hall–Kier alpha value is -1.27. The predicted octanol–water partition coefficient (Wildman–Crippen LogP) is 1.26. The van der Waals surface area contributed by atoms with Crippen LogP contribution in [0.15, 0.2) is 12.4 Å². The second kappa shape index (κ2) is 5.46. The van der Waals surface area contributed by atoms with E-state index in [0.717, 1.165) is 13.1 Å². The minimum absolute atomic E-state index is 0.546. The molecule has 0 radical (unpaired) electrons. The molecule has 1 aromatic heterocycles. The summed E-state index contributed by atoms with van der Waals surface area (Å²) in [6.45, 7) is 6.82. The van der Waals surface area contributed by atoms with Crippen LogP contribution in [0, 0.1) is 18.3 Å². The Bertz CT molecular complexity index is 307. The summed E-state index contributed by atoms with van der Waals surface area (Å²) in [7, 11) is 0. The highest BCUT2D eigenvalue weighted by Gasteiger charge is 1.97. The molecule has 76 valence electrons. The van der Waals surface area contributed by atoms with Crippen molar-refractivity contribution in [2.24, 2.45) is 5.92 Å². The highest BCUT2D eigenvalue weighted by atomic mass is 15.3. The topological polar surface area (TPSA) is 29.9 Å². The summed E-state index contributed by atoms with van der Waals surface area (Å²) in [5.74, 6) is 3.23. The highest BCUT2D eigenvalue weighted by molar-refractivity contribution is 5.04. The normalized spacial score (nSPS) is 10.4. The molecule has 0 aliphatic carbocycles. The summed E-state index contributed by atoms with van der Waals surface area (Å²) in [6.07, 6.45) is 9.01. The van der Waals surface area contributed by atoms with Crippen molar-refractivity contribution in [2.45, 2.75) is 26.9 Å². The van der Waals surface area contributed by atoms with Crippen molar-refractivity contribution in [3.8, 4) is 12.3 Å². The van der Waals surface area contributed by atoms with Crippen LogP contribution in [-0.2, 0) is 13.1 Å². The Kier molecular flexibility index (Phi) is 4.21. The second-order valence-electron chi connectivity index (χ2n) is 3.78. The van der Waals surface area contributed by atoms with Gasteiger partial charge in [-0.3, -0.25) is 4.68 Å². The van der Waals surface area contributed by atoms with E-state index < -0.39 is 0 Å². The van der Waals surface area contributed by atoms with Crippen molar-refractivity contribution in [3.63, 3.8) is 0 Å². The van der Waals surface area contributed by atoms with Crippen molar-refractivity contribution in [2.75, 3.05) is 6.54 Å². The van der Waals surface area contributed by atoms with Crippen LogP contribution < -0.4 is 5.32 Å². The SMILES string of the molecule is C#CCn1cc(CNCC(C)C)cn1. The van der Waals surface area contributed by atoms with Gasteiger partial charge in [-0.05, 0) is 12.5 Å². The number of terminal acetylenes is 1. The molecular formula is C11H17N3. The lowest BCUT2D eigenvalue weighted by atomic mass is 10.2. The molecule has 1 N–H and O–H groups in total. The van der Waals surface area contributed by atoms with Gasteiger partial charge in [0.15, 0.2) is 0 Å². The molecule has 0 bridgehead atoms. The first-order valence-corrected chi connectivity index (χ1v) is 4.88. The third-order valence-electron chi connectivity index (χ3n) is 1.82. The van der Waals surface area contributed by atoms with Crippen LogP contribution in [0.4, 0.5) is 0 Å². The van der Waals surface area contributed by atoms with Gasteiger partial charge in [0.25, 0.3) is 0 Å². The average molecular weight is 191 g/mol. The van der Waals surface area contributed by atoms with Crippen LogP contribution in [0.3, 0.4) is 0 Å². The number of aromatic nitrogens is 2. The molecule has 1 aromatic rings. The Balaban J connectivity index is 2.33. The number of nitrogens with zero attached hydrogens (tertiary/aromatic N) is 2. The summed E-state index contributed by atoms with van der Waals surface area (Å²) in [6, 6.07) is 0. The molecule has 3 nitrogen and oxygen atoms in total. The Labute approximate surface area is 85.5 Å².